The molecule has 0 saturated carbocycles. The Bertz CT molecular complexity index is 162. The number of rotatable bonds is 2. The molecule has 0 radical (unpaired) electrons. The van der Waals surface area contributed by atoms with Crippen molar-refractivity contribution in [1.82, 2.24) is 10.2 Å². The average molecular weight is 178 g/mol. The van der Waals surface area contributed by atoms with E-state index in [9.17, 15) is 0 Å². The van der Waals surface area contributed by atoms with Crippen LogP contribution in [0, 0.1) is 0 Å². The van der Waals surface area contributed by atoms with Crippen molar-refractivity contribution in [2.45, 2.75) is 5.25 Å². The van der Waals surface area contributed by atoms with Crippen molar-refractivity contribution in [3.63, 3.8) is 0 Å². The van der Waals surface area contributed by atoms with Gasteiger partial charge in [0, 0.05) is 5.75 Å². The maximum atomic E-state index is 4.22. The normalized spacial score (nSPS) is 13.6. The molecule has 1 unspecified atom stereocenters. The molecule has 9 heavy (non-hydrogen) atoms. The first kappa shape index (κ1) is 7.37. The fourth-order valence-electron chi connectivity index (χ4n) is 0.405. The molecule has 0 N–H and O–H groups in total. The Morgan fingerprint density at radius 1 is 1.78 bits per heavy atom. The Balaban J connectivity index is 2.65. The molecule has 0 spiro atoms. The summed E-state index contributed by atoms with van der Waals surface area (Å²) < 4.78 is 0. The quantitative estimate of drug-likeness (QED) is 0.670. The molecule has 1 aromatic rings. The third-order valence-corrected chi connectivity index (χ3v) is 2.90. The van der Waals surface area contributed by atoms with Crippen molar-refractivity contribution in [3.8, 4) is 0 Å². The average Bonchev–Trinajstić information content (AvgIpc) is 2.37. The van der Waals surface area contributed by atoms with Gasteiger partial charge in [-0.15, -0.1) is 21.5 Å². The highest BCUT2D eigenvalue weighted by molar-refractivity contribution is 7.84. The van der Waals surface area contributed by atoms with Crippen LogP contribution in [0.4, 0.5) is 0 Å². The molecule has 50 valence electrons. The fourth-order valence-corrected chi connectivity index (χ4v) is 1.47. The highest BCUT2D eigenvalue weighted by atomic mass is 32.1. The molecule has 0 aliphatic heterocycles. The molecule has 5 heteroatoms. The van der Waals surface area contributed by atoms with Crippen LogP contribution in [-0.4, -0.2) is 16.0 Å². The van der Waals surface area contributed by atoms with Crippen LogP contribution in [0.1, 0.15) is 10.3 Å². The molecular weight excluding hydrogens is 172 g/mol. The summed E-state index contributed by atoms with van der Waals surface area (Å²) in [5.41, 5.74) is 1.70. The Morgan fingerprint density at radius 2 is 2.56 bits per heavy atom. The van der Waals surface area contributed by atoms with E-state index in [-0.39, 0.29) is 5.25 Å². The highest BCUT2D eigenvalue weighted by Gasteiger charge is 2.05. The minimum atomic E-state index is 0.140. The van der Waals surface area contributed by atoms with E-state index in [1.807, 2.05) is 0 Å². The second-order valence-electron chi connectivity index (χ2n) is 1.48. The van der Waals surface area contributed by atoms with Gasteiger partial charge in [0.25, 0.3) is 0 Å². The lowest BCUT2D eigenvalue weighted by Gasteiger charge is -1.97. The highest BCUT2D eigenvalue weighted by Crippen LogP contribution is 2.21. The molecule has 1 heterocycles. The third-order valence-electron chi connectivity index (χ3n) is 0.835. The zero-order chi connectivity index (χ0) is 6.69. The largest absolute Gasteiger partial charge is 0.178 e. The zero-order valence-electron chi connectivity index (χ0n) is 4.56. The number of thiol groups is 2. The van der Waals surface area contributed by atoms with Gasteiger partial charge >= 0.3 is 0 Å². The Hall–Kier alpha value is 0.260. The second-order valence-corrected chi connectivity index (χ2v) is 3.33. The van der Waals surface area contributed by atoms with Crippen molar-refractivity contribution in [1.29, 1.82) is 0 Å². The van der Waals surface area contributed by atoms with E-state index < -0.39 is 0 Å². The van der Waals surface area contributed by atoms with Gasteiger partial charge < -0.3 is 0 Å². The van der Waals surface area contributed by atoms with E-state index in [0.29, 0.717) is 5.75 Å². The van der Waals surface area contributed by atoms with Gasteiger partial charge in [0.15, 0.2) is 0 Å². The maximum absolute atomic E-state index is 4.22. The first-order valence-electron chi connectivity index (χ1n) is 2.39. The molecule has 0 aliphatic rings. The maximum Gasteiger partial charge on any atom is 0.130 e. The molecule has 0 bridgehead atoms. The van der Waals surface area contributed by atoms with Gasteiger partial charge in [-0.25, -0.2) is 0 Å². The second kappa shape index (κ2) is 3.43. The van der Waals surface area contributed by atoms with Crippen molar-refractivity contribution in [2.24, 2.45) is 0 Å². The van der Waals surface area contributed by atoms with E-state index in [2.05, 4.69) is 35.5 Å². The van der Waals surface area contributed by atoms with E-state index in [0.717, 1.165) is 5.01 Å². The van der Waals surface area contributed by atoms with Crippen LogP contribution in [0.3, 0.4) is 0 Å². The van der Waals surface area contributed by atoms with Gasteiger partial charge in [-0.05, 0) is 0 Å². The Labute approximate surface area is 68.5 Å². The molecule has 0 saturated heterocycles. The third kappa shape index (κ3) is 1.84. The van der Waals surface area contributed by atoms with Crippen LogP contribution in [-0.2, 0) is 0 Å². The summed E-state index contributed by atoms with van der Waals surface area (Å²) in [6.45, 7) is 0. The predicted octanol–water partition coefficient (Wildman–Crippen LogP) is 1.44. The van der Waals surface area contributed by atoms with Gasteiger partial charge in [0.05, 0.1) is 5.25 Å². The lowest BCUT2D eigenvalue weighted by molar-refractivity contribution is 0.980. The predicted molar refractivity (Wildman–Crippen MR) is 45.5 cm³/mol. The lowest BCUT2D eigenvalue weighted by Crippen LogP contribution is -1.89. The lowest BCUT2D eigenvalue weighted by atomic mass is 10.5. The summed E-state index contributed by atoms with van der Waals surface area (Å²) in [5.74, 6) is 0.707. The standard InChI is InChI=1S/C4H6N2S3/c7-1-3(8)4-6-5-2-9-4/h2-3,7-8H,1H2. The van der Waals surface area contributed by atoms with Gasteiger partial charge in [-0.3, -0.25) is 0 Å². The molecule has 2 nitrogen and oxygen atoms in total. The number of hydrogen-bond donors (Lipinski definition) is 2. The van der Waals surface area contributed by atoms with Crippen LogP contribution in [0.15, 0.2) is 5.51 Å². The number of aromatic nitrogens is 2. The van der Waals surface area contributed by atoms with E-state index in [1.165, 1.54) is 11.3 Å². The summed E-state index contributed by atoms with van der Waals surface area (Å²) in [7, 11) is 0. The van der Waals surface area contributed by atoms with Gasteiger partial charge in [0.2, 0.25) is 0 Å². The molecule has 1 rings (SSSR count). The SMILES string of the molecule is SCC(S)c1nncs1. The summed E-state index contributed by atoms with van der Waals surface area (Å²) in [5, 5.41) is 8.59. The smallest absolute Gasteiger partial charge is 0.130 e. The van der Waals surface area contributed by atoms with Crippen molar-refractivity contribution < 1.29 is 0 Å². The van der Waals surface area contributed by atoms with Crippen molar-refractivity contribution in [3.05, 3.63) is 10.5 Å². The molecule has 1 aromatic heterocycles. The van der Waals surface area contributed by atoms with Gasteiger partial charge in [-0.1, -0.05) is 0 Å². The minimum absolute atomic E-state index is 0.140. The van der Waals surface area contributed by atoms with Crippen LogP contribution in [0.5, 0.6) is 0 Å². The Kier molecular flexibility index (Phi) is 2.81. The molecular formula is C4H6N2S3. The van der Waals surface area contributed by atoms with Gasteiger partial charge in [-0.2, -0.15) is 25.3 Å². The topological polar surface area (TPSA) is 25.8 Å². The van der Waals surface area contributed by atoms with Gasteiger partial charge in [0.1, 0.15) is 10.5 Å². The van der Waals surface area contributed by atoms with E-state index in [4.69, 9.17) is 0 Å². The first-order valence-corrected chi connectivity index (χ1v) is 4.42. The van der Waals surface area contributed by atoms with Crippen LogP contribution in [0.25, 0.3) is 0 Å². The van der Waals surface area contributed by atoms with E-state index in [1.54, 1.807) is 5.51 Å². The first-order chi connectivity index (χ1) is 4.34. The van der Waals surface area contributed by atoms with E-state index >= 15 is 0 Å². The number of hydrogen-bond acceptors (Lipinski definition) is 5. The number of nitrogens with zero attached hydrogens (tertiary/aromatic N) is 2. The molecule has 0 amide bonds. The summed E-state index contributed by atoms with van der Waals surface area (Å²) in [6, 6.07) is 0. The van der Waals surface area contributed by atoms with Crippen LogP contribution < -0.4 is 0 Å². The molecule has 0 aromatic carbocycles. The summed E-state index contributed by atoms with van der Waals surface area (Å²) in [4.78, 5) is 0. The van der Waals surface area contributed by atoms with Crippen LogP contribution >= 0.6 is 36.6 Å². The summed E-state index contributed by atoms with van der Waals surface area (Å²) >= 11 is 9.79. The molecule has 0 fully saturated rings. The zero-order valence-corrected chi connectivity index (χ0v) is 7.16. The summed E-state index contributed by atoms with van der Waals surface area (Å²) in [6.07, 6.45) is 0. The van der Waals surface area contributed by atoms with Crippen LogP contribution in [0.2, 0.25) is 0 Å². The minimum Gasteiger partial charge on any atom is -0.178 e. The monoisotopic (exact) mass is 178 g/mol. The molecule has 0 aliphatic carbocycles. The Morgan fingerprint density at radius 3 is 3.00 bits per heavy atom. The molecule has 1 atom stereocenters. The van der Waals surface area contributed by atoms with Crippen molar-refractivity contribution in [2.75, 3.05) is 5.75 Å². The fraction of sp³-hybridized carbons (Fsp3) is 0.500. The van der Waals surface area contributed by atoms with Crippen molar-refractivity contribution >= 4 is 36.6 Å².